The molecule has 5 heteroatoms. The minimum absolute atomic E-state index is 0.281. The highest BCUT2D eigenvalue weighted by Gasteiger charge is 2.14. The zero-order valence-corrected chi connectivity index (χ0v) is 11.0. The van der Waals surface area contributed by atoms with Crippen molar-refractivity contribution in [2.24, 2.45) is 0 Å². The second-order valence-corrected chi connectivity index (χ2v) is 4.10. The van der Waals surface area contributed by atoms with Gasteiger partial charge in [0.1, 0.15) is 11.9 Å². The van der Waals surface area contributed by atoms with E-state index in [0.29, 0.717) is 12.4 Å². The van der Waals surface area contributed by atoms with Crippen LogP contribution in [-0.2, 0) is 9.53 Å². The molecule has 5 nitrogen and oxygen atoms in total. The normalized spacial score (nSPS) is 11.9. The van der Waals surface area contributed by atoms with Gasteiger partial charge in [0.2, 0.25) is 0 Å². The van der Waals surface area contributed by atoms with E-state index in [0.717, 1.165) is 5.69 Å². The van der Waals surface area contributed by atoms with Gasteiger partial charge in [0.25, 0.3) is 0 Å². The molecular formula is C14H17N3O2. The fourth-order valence-electron chi connectivity index (χ4n) is 1.67. The third kappa shape index (κ3) is 3.34. The third-order valence-electron chi connectivity index (χ3n) is 2.61. The third-order valence-corrected chi connectivity index (χ3v) is 2.61. The Morgan fingerprint density at radius 2 is 2.11 bits per heavy atom. The van der Waals surface area contributed by atoms with Crippen molar-refractivity contribution in [1.82, 2.24) is 9.78 Å². The minimum atomic E-state index is -0.418. The number of anilines is 1. The number of carbonyl (C=O) groups excluding carboxylic acids is 1. The van der Waals surface area contributed by atoms with Gasteiger partial charge in [0.05, 0.1) is 12.3 Å². The van der Waals surface area contributed by atoms with E-state index >= 15 is 0 Å². The van der Waals surface area contributed by atoms with Crippen molar-refractivity contribution in [1.29, 1.82) is 0 Å². The number of ether oxygens (including phenoxy) is 1. The number of rotatable bonds is 5. The van der Waals surface area contributed by atoms with Crippen molar-refractivity contribution < 1.29 is 9.53 Å². The summed E-state index contributed by atoms with van der Waals surface area (Å²) in [5.41, 5.74) is 0.972. The zero-order valence-electron chi connectivity index (χ0n) is 11.0. The van der Waals surface area contributed by atoms with Gasteiger partial charge in [-0.25, -0.2) is 9.48 Å². The quantitative estimate of drug-likeness (QED) is 0.837. The summed E-state index contributed by atoms with van der Waals surface area (Å²) in [6.45, 7) is 3.91. The Bertz CT molecular complexity index is 537. The van der Waals surface area contributed by atoms with Crippen molar-refractivity contribution in [2.45, 2.75) is 19.9 Å². The van der Waals surface area contributed by atoms with Gasteiger partial charge in [-0.2, -0.15) is 5.10 Å². The molecule has 0 aliphatic carbocycles. The fraction of sp³-hybridized carbons (Fsp3) is 0.286. The number of hydrogen-bond donors (Lipinski definition) is 1. The van der Waals surface area contributed by atoms with E-state index in [1.807, 2.05) is 42.6 Å². The summed E-state index contributed by atoms with van der Waals surface area (Å²) < 4.78 is 6.68. The molecule has 0 amide bonds. The second-order valence-electron chi connectivity index (χ2n) is 4.10. The summed E-state index contributed by atoms with van der Waals surface area (Å²) in [6, 6.07) is 11.2. The Kier molecular flexibility index (Phi) is 4.18. The molecule has 1 N–H and O–H groups in total. The Morgan fingerprint density at radius 1 is 1.37 bits per heavy atom. The largest absolute Gasteiger partial charge is 0.464 e. The van der Waals surface area contributed by atoms with Crippen molar-refractivity contribution >= 4 is 11.8 Å². The van der Waals surface area contributed by atoms with Crippen LogP contribution >= 0.6 is 0 Å². The van der Waals surface area contributed by atoms with E-state index in [-0.39, 0.29) is 5.97 Å². The lowest BCUT2D eigenvalue weighted by molar-refractivity contribution is -0.143. The number of benzene rings is 1. The number of para-hydroxylation sites is 1. The van der Waals surface area contributed by atoms with E-state index in [4.69, 9.17) is 4.74 Å². The number of aromatic nitrogens is 2. The summed E-state index contributed by atoms with van der Waals surface area (Å²) in [5, 5.41) is 7.37. The Balaban J connectivity index is 2.04. The van der Waals surface area contributed by atoms with E-state index in [2.05, 4.69) is 10.4 Å². The Labute approximate surface area is 112 Å². The molecule has 0 bridgehead atoms. The van der Waals surface area contributed by atoms with Gasteiger partial charge >= 0.3 is 5.97 Å². The number of hydrogen-bond acceptors (Lipinski definition) is 4. The molecular weight excluding hydrogens is 242 g/mol. The monoisotopic (exact) mass is 259 g/mol. The average Bonchev–Trinajstić information content (AvgIpc) is 2.88. The molecule has 0 unspecified atom stereocenters. The summed E-state index contributed by atoms with van der Waals surface area (Å²) in [6.07, 6.45) is 1.84. The van der Waals surface area contributed by atoms with Crippen LogP contribution < -0.4 is 5.32 Å². The standard InChI is InChI=1S/C14H17N3O2/c1-3-19-14(18)11(2)15-13-9-10-17(16-13)12-7-5-4-6-8-12/h4-11H,3H2,1-2H3,(H,15,16)/t11-/m1/s1. The van der Waals surface area contributed by atoms with Crippen LogP contribution in [0.1, 0.15) is 13.8 Å². The number of carbonyl (C=O) groups is 1. The van der Waals surface area contributed by atoms with Gasteiger partial charge in [0, 0.05) is 12.3 Å². The summed E-state index contributed by atoms with van der Waals surface area (Å²) in [4.78, 5) is 11.5. The molecule has 1 aromatic heterocycles. The van der Waals surface area contributed by atoms with E-state index in [1.165, 1.54) is 0 Å². The molecule has 0 radical (unpaired) electrons. The maximum atomic E-state index is 11.5. The first-order chi connectivity index (χ1) is 9.20. The van der Waals surface area contributed by atoms with E-state index < -0.39 is 6.04 Å². The van der Waals surface area contributed by atoms with Gasteiger partial charge in [0.15, 0.2) is 0 Å². The fourth-order valence-corrected chi connectivity index (χ4v) is 1.67. The van der Waals surface area contributed by atoms with Crippen LogP contribution in [0.5, 0.6) is 0 Å². The van der Waals surface area contributed by atoms with Crippen LogP contribution in [0.15, 0.2) is 42.6 Å². The van der Waals surface area contributed by atoms with Crippen LogP contribution in [0.4, 0.5) is 5.82 Å². The predicted molar refractivity (Wildman–Crippen MR) is 73.3 cm³/mol. The molecule has 2 rings (SSSR count). The highest BCUT2D eigenvalue weighted by atomic mass is 16.5. The molecule has 2 aromatic rings. The van der Waals surface area contributed by atoms with Crippen molar-refractivity contribution in [3.05, 3.63) is 42.6 Å². The first kappa shape index (κ1) is 13.1. The number of esters is 1. The molecule has 0 saturated carbocycles. The number of nitrogens with zero attached hydrogens (tertiary/aromatic N) is 2. The smallest absolute Gasteiger partial charge is 0.328 e. The molecule has 0 fully saturated rings. The lowest BCUT2D eigenvalue weighted by atomic mass is 10.3. The molecule has 1 heterocycles. The maximum Gasteiger partial charge on any atom is 0.328 e. The topological polar surface area (TPSA) is 56.1 Å². The molecule has 19 heavy (non-hydrogen) atoms. The lowest BCUT2D eigenvalue weighted by Gasteiger charge is -2.11. The lowest BCUT2D eigenvalue weighted by Crippen LogP contribution is -2.28. The molecule has 100 valence electrons. The van der Waals surface area contributed by atoms with Gasteiger partial charge < -0.3 is 10.1 Å². The molecule has 0 saturated heterocycles. The van der Waals surface area contributed by atoms with Crippen molar-refractivity contribution in [3.8, 4) is 5.69 Å². The number of nitrogens with one attached hydrogen (secondary N) is 1. The second kappa shape index (κ2) is 6.04. The Hall–Kier alpha value is -2.30. The van der Waals surface area contributed by atoms with Crippen LogP contribution in [0.25, 0.3) is 5.69 Å². The van der Waals surface area contributed by atoms with Gasteiger partial charge in [-0.3, -0.25) is 0 Å². The molecule has 0 spiro atoms. The minimum Gasteiger partial charge on any atom is -0.464 e. The molecule has 1 aromatic carbocycles. The van der Waals surface area contributed by atoms with Gasteiger partial charge in [-0.15, -0.1) is 0 Å². The summed E-state index contributed by atoms with van der Waals surface area (Å²) in [5.74, 6) is 0.362. The summed E-state index contributed by atoms with van der Waals surface area (Å²) in [7, 11) is 0. The van der Waals surface area contributed by atoms with E-state index in [1.54, 1.807) is 18.5 Å². The molecule has 0 aliphatic heterocycles. The highest BCUT2D eigenvalue weighted by Crippen LogP contribution is 2.10. The highest BCUT2D eigenvalue weighted by molar-refractivity contribution is 5.78. The Morgan fingerprint density at radius 3 is 2.79 bits per heavy atom. The van der Waals surface area contributed by atoms with Crippen LogP contribution in [0, 0.1) is 0 Å². The first-order valence-electron chi connectivity index (χ1n) is 6.25. The summed E-state index contributed by atoms with van der Waals surface area (Å²) >= 11 is 0. The zero-order chi connectivity index (χ0) is 13.7. The average molecular weight is 259 g/mol. The van der Waals surface area contributed by atoms with Gasteiger partial charge in [-0.05, 0) is 26.0 Å². The van der Waals surface area contributed by atoms with Crippen LogP contribution in [0.3, 0.4) is 0 Å². The first-order valence-corrected chi connectivity index (χ1v) is 6.25. The maximum absolute atomic E-state index is 11.5. The van der Waals surface area contributed by atoms with E-state index in [9.17, 15) is 4.79 Å². The van der Waals surface area contributed by atoms with Crippen molar-refractivity contribution in [3.63, 3.8) is 0 Å². The van der Waals surface area contributed by atoms with Crippen LogP contribution in [-0.4, -0.2) is 28.4 Å². The molecule has 0 aliphatic rings. The van der Waals surface area contributed by atoms with Crippen LogP contribution in [0.2, 0.25) is 0 Å². The van der Waals surface area contributed by atoms with Gasteiger partial charge in [-0.1, -0.05) is 18.2 Å². The van der Waals surface area contributed by atoms with Crippen molar-refractivity contribution in [2.75, 3.05) is 11.9 Å². The molecule has 1 atom stereocenters. The predicted octanol–water partition coefficient (Wildman–Crippen LogP) is 2.24. The SMILES string of the molecule is CCOC(=O)[C@@H](C)Nc1ccn(-c2ccccc2)n1.